The number of hydrogen-bond donors (Lipinski definition) is 0. The lowest BCUT2D eigenvalue weighted by Crippen LogP contribution is -2.01. The van der Waals surface area contributed by atoms with Crippen LogP contribution >= 0.6 is 31.9 Å². The van der Waals surface area contributed by atoms with Crippen LogP contribution in [-0.4, -0.2) is 0 Å². The van der Waals surface area contributed by atoms with Gasteiger partial charge in [-0.05, 0) is 35.7 Å². The van der Waals surface area contributed by atoms with Crippen LogP contribution in [0.15, 0.2) is 40.9 Å². The smallest absolute Gasteiger partial charge is 0.162 e. The van der Waals surface area contributed by atoms with E-state index in [-0.39, 0.29) is 22.6 Å². The summed E-state index contributed by atoms with van der Waals surface area (Å²) in [5.74, 6) is -2.06. The largest absolute Gasteiger partial charge is 0.207 e. The second kappa shape index (κ2) is 6.09. The van der Waals surface area contributed by atoms with E-state index in [1.807, 2.05) is 0 Å². The highest BCUT2D eigenvalue weighted by Crippen LogP contribution is 2.33. The zero-order valence-electron chi connectivity index (χ0n) is 9.64. The van der Waals surface area contributed by atoms with Crippen molar-refractivity contribution in [2.45, 2.75) is 11.2 Å². The minimum absolute atomic E-state index is 0.237. The summed E-state index contributed by atoms with van der Waals surface area (Å²) in [5, 5.41) is 0. The van der Waals surface area contributed by atoms with Gasteiger partial charge in [-0.25, -0.2) is 13.2 Å². The Kier molecular flexibility index (Phi) is 4.68. The van der Waals surface area contributed by atoms with Crippen molar-refractivity contribution >= 4 is 31.9 Å². The lowest BCUT2D eigenvalue weighted by Gasteiger charge is -2.13. The van der Waals surface area contributed by atoms with Crippen molar-refractivity contribution in [3.8, 4) is 0 Å². The van der Waals surface area contributed by atoms with Crippen LogP contribution in [0.4, 0.5) is 13.2 Å². The maximum atomic E-state index is 13.6. The number of hydrogen-bond acceptors (Lipinski definition) is 0. The molecule has 0 saturated heterocycles. The zero-order chi connectivity index (χ0) is 14.0. The minimum Gasteiger partial charge on any atom is -0.207 e. The number of benzene rings is 2. The summed E-state index contributed by atoms with van der Waals surface area (Å²) in [6.07, 6.45) is 0.272. The Bertz CT molecular complexity index is 599. The topological polar surface area (TPSA) is 0 Å². The van der Waals surface area contributed by atoms with E-state index in [4.69, 9.17) is 0 Å². The summed E-state index contributed by atoms with van der Waals surface area (Å²) in [6.45, 7) is 0. The van der Waals surface area contributed by atoms with E-state index < -0.39 is 11.6 Å². The molecule has 1 atom stereocenters. The molecule has 0 aliphatic heterocycles. The van der Waals surface area contributed by atoms with Crippen molar-refractivity contribution in [3.05, 3.63) is 69.4 Å². The molecule has 0 aliphatic rings. The Morgan fingerprint density at radius 1 is 1.05 bits per heavy atom. The van der Waals surface area contributed by atoms with Crippen LogP contribution < -0.4 is 0 Å². The summed E-state index contributed by atoms with van der Waals surface area (Å²) in [7, 11) is 0. The van der Waals surface area contributed by atoms with E-state index in [0.717, 1.165) is 11.6 Å². The maximum Gasteiger partial charge on any atom is 0.162 e. The molecule has 100 valence electrons. The molecule has 5 heteroatoms. The number of rotatable bonds is 3. The van der Waals surface area contributed by atoms with Crippen LogP contribution in [0.2, 0.25) is 0 Å². The van der Waals surface area contributed by atoms with Crippen molar-refractivity contribution in [1.82, 2.24) is 0 Å². The van der Waals surface area contributed by atoms with E-state index in [0.29, 0.717) is 4.47 Å². The van der Waals surface area contributed by atoms with E-state index in [1.165, 1.54) is 24.3 Å². The quantitative estimate of drug-likeness (QED) is 0.600. The van der Waals surface area contributed by atoms with Gasteiger partial charge in [-0.15, -0.1) is 0 Å². The van der Waals surface area contributed by atoms with Gasteiger partial charge in [0.2, 0.25) is 0 Å². The molecule has 0 saturated carbocycles. The highest BCUT2D eigenvalue weighted by molar-refractivity contribution is 9.11. The Morgan fingerprint density at radius 2 is 1.79 bits per heavy atom. The number of halogens is 5. The fourth-order valence-electron chi connectivity index (χ4n) is 1.76. The van der Waals surface area contributed by atoms with Crippen molar-refractivity contribution in [3.63, 3.8) is 0 Å². The molecule has 0 N–H and O–H groups in total. The second-order valence-corrected chi connectivity index (χ2v) is 6.01. The lowest BCUT2D eigenvalue weighted by molar-refractivity contribution is 0.498. The predicted molar refractivity (Wildman–Crippen MR) is 75.8 cm³/mol. The fraction of sp³-hybridized carbons (Fsp3) is 0.143. The molecule has 0 aliphatic carbocycles. The summed E-state index contributed by atoms with van der Waals surface area (Å²) in [5.41, 5.74) is 1.06. The summed E-state index contributed by atoms with van der Waals surface area (Å²) in [4.78, 5) is -0.237. The molecule has 0 aromatic heterocycles. The standard InChI is InChI=1S/C14H9Br2F3/c15-11(10-5-4-9(17)7-12(10)16)6-8-2-1-3-13(18)14(8)19/h1-5,7,11H,6H2. The summed E-state index contributed by atoms with van der Waals surface area (Å²) >= 11 is 6.67. The van der Waals surface area contributed by atoms with Crippen molar-refractivity contribution in [2.75, 3.05) is 0 Å². The maximum absolute atomic E-state index is 13.6. The van der Waals surface area contributed by atoms with Gasteiger partial charge >= 0.3 is 0 Å². The molecular formula is C14H9Br2F3. The highest BCUT2D eigenvalue weighted by Gasteiger charge is 2.16. The first-order valence-electron chi connectivity index (χ1n) is 5.51. The molecule has 0 bridgehead atoms. The molecular weight excluding hydrogens is 385 g/mol. The van der Waals surface area contributed by atoms with Crippen LogP contribution in [0.25, 0.3) is 0 Å². The van der Waals surface area contributed by atoms with Gasteiger partial charge in [0.05, 0.1) is 0 Å². The molecule has 0 amide bonds. The van der Waals surface area contributed by atoms with Crippen molar-refractivity contribution in [1.29, 1.82) is 0 Å². The van der Waals surface area contributed by atoms with Gasteiger partial charge in [-0.3, -0.25) is 0 Å². The van der Waals surface area contributed by atoms with Crippen LogP contribution in [0.1, 0.15) is 16.0 Å². The number of alkyl halides is 1. The van der Waals surface area contributed by atoms with Gasteiger partial charge in [0, 0.05) is 9.30 Å². The highest BCUT2D eigenvalue weighted by atomic mass is 79.9. The third-order valence-electron chi connectivity index (χ3n) is 2.73. The second-order valence-electron chi connectivity index (χ2n) is 4.05. The Hall–Kier alpha value is -0.810. The van der Waals surface area contributed by atoms with Crippen LogP contribution in [0.3, 0.4) is 0 Å². The van der Waals surface area contributed by atoms with Crippen LogP contribution in [0.5, 0.6) is 0 Å². The predicted octanol–water partition coefficient (Wildman–Crippen LogP) is 5.55. The van der Waals surface area contributed by atoms with Crippen molar-refractivity contribution < 1.29 is 13.2 Å². The van der Waals surface area contributed by atoms with Gasteiger partial charge in [-0.2, -0.15) is 0 Å². The van der Waals surface area contributed by atoms with Crippen LogP contribution in [-0.2, 0) is 6.42 Å². The summed E-state index contributed by atoms with van der Waals surface area (Å²) in [6, 6.07) is 8.35. The van der Waals surface area contributed by atoms with Gasteiger partial charge in [0.15, 0.2) is 11.6 Å². The van der Waals surface area contributed by atoms with Gasteiger partial charge < -0.3 is 0 Å². The SMILES string of the molecule is Fc1ccc(C(Br)Cc2cccc(F)c2F)c(Br)c1. The van der Waals surface area contributed by atoms with E-state index >= 15 is 0 Å². The molecule has 0 spiro atoms. The third-order valence-corrected chi connectivity index (χ3v) is 4.23. The average molecular weight is 394 g/mol. The lowest BCUT2D eigenvalue weighted by atomic mass is 10.0. The van der Waals surface area contributed by atoms with Crippen LogP contribution in [0, 0.1) is 17.5 Å². The average Bonchev–Trinajstić information content (AvgIpc) is 2.34. The Labute approximate surface area is 125 Å². The molecule has 0 radical (unpaired) electrons. The molecule has 2 rings (SSSR count). The molecule has 1 unspecified atom stereocenters. The van der Waals surface area contributed by atoms with Gasteiger partial charge in [0.1, 0.15) is 5.82 Å². The fourth-order valence-corrected chi connectivity index (χ4v) is 3.45. The minimum atomic E-state index is -0.865. The first-order valence-corrected chi connectivity index (χ1v) is 7.22. The van der Waals surface area contributed by atoms with Gasteiger partial charge in [0.25, 0.3) is 0 Å². The monoisotopic (exact) mass is 392 g/mol. The first-order chi connectivity index (χ1) is 8.99. The Morgan fingerprint density at radius 3 is 2.47 bits per heavy atom. The molecule has 19 heavy (non-hydrogen) atoms. The third kappa shape index (κ3) is 3.39. The molecule has 0 nitrogen and oxygen atoms in total. The Balaban J connectivity index is 2.25. The molecule has 2 aromatic rings. The zero-order valence-corrected chi connectivity index (χ0v) is 12.8. The first kappa shape index (κ1) is 14.6. The van der Waals surface area contributed by atoms with E-state index in [1.54, 1.807) is 6.07 Å². The molecule has 0 heterocycles. The van der Waals surface area contributed by atoms with Gasteiger partial charge in [-0.1, -0.05) is 50.1 Å². The summed E-state index contributed by atoms with van der Waals surface area (Å²) < 4.78 is 40.3. The van der Waals surface area contributed by atoms with E-state index in [9.17, 15) is 13.2 Å². The molecule has 2 aromatic carbocycles. The normalized spacial score (nSPS) is 12.5. The van der Waals surface area contributed by atoms with E-state index in [2.05, 4.69) is 31.9 Å². The van der Waals surface area contributed by atoms with Crippen molar-refractivity contribution in [2.24, 2.45) is 0 Å². The molecule has 0 fully saturated rings.